The fourth-order valence-corrected chi connectivity index (χ4v) is 4.39. The van der Waals surface area contributed by atoms with Crippen molar-refractivity contribution in [2.75, 3.05) is 11.2 Å². The maximum absolute atomic E-state index is 13.4. The van der Waals surface area contributed by atoms with Crippen molar-refractivity contribution in [1.29, 1.82) is 0 Å². The number of furan rings is 1. The summed E-state index contributed by atoms with van der Waals surface area (Å²) in [6, 6.07) is 16.7. The lowest BCUT2D eigenvalue weighted by Crippen LogP contribution is -2.60. The zero-order valence-electron chi connectivity index (χ0n) is 17.9. The molecule has 5 rings (SSSR count). The van der Waals surface area contributed by atoms with Gasteiger partial charge in [0.1, 0.15) is 11.6 Å². The monoisotopic (exact) mass is 463 g/mol. The number of nitrogens with one attached hydrogen (secondary N) is 1. The molecule has 1 amide bonds. The summed E-state index contributed by atoms with van der Waals surface area (Å²) < 4.78 is 21.1. The fraction of sp³-hybridized carbons (Fsp3) is 0.167. The van der Waals surface area contributed by atoms with Crippen LogP contribution in [0.5, 0.6) is 0 Å². The Morgan fingerprint density at radius 2 is 1.94 bits per heavy atom. The second-order valence-corrected chi connectivity index (χ2v) is 8.27. The van der Waals surface area contributed by atoms with Crippen molar-refractivity contribution < 1.29 is 18.3 Å². The highest BCUT2D eigenvalue weighted by Crippen LogP contribution is 2.38. The Morgan fingerprint density at radius 1 is 1.18 bits per heavy atom. The number of hydrogen-bond acceptors (Lipinski definition) is 5. The summed E-state index contributed by atoms with van der Waals surface area (Å²) in [7, 11) is 0. The van der Waals surface area contributed by atoms with Gasteiger partial charge in [0.25, 0.3) is 0 Å². The first-order chi connectivity index (χ1) is 16.0. The van der Waals surface area contributed by atoms with Crippen molar-refractivity contribution in [3.8, 4) is 22.6 Å². The molecule has 1 aliphatic rings. The van der Waals surface area contributed by atoms with Crippen LogP contribution in [0.2, 0.25) is 0 Å². The van der Waals surface area contributed by atoms with Crippen LogP contribution in [0.3, 0.4) is 0 Å². The predicted molar refractivity (Wildman–Crippen MR) is 122 cm³/mol. The Bertz CT molecular complexity index is 1410. The molecule has 9 heteroatoms. The Balaban J connectivity index is 1.75. The smallest absolute Gasteiger partial charge is 0.325 e. The van der Waals surface area contributed by atoms with E-state index in [9.17, 15) is 14.0 Å². The zero-order chi connectivity index (χ0) is 23.1. The van der Waals surface area contributed by atoms with E-state index >= 15 is 0 Å². The fourth-order valence-electron chi connectivity index (χ4n) is 4.02. The third kappa shape index (κ3) is 3.54. The van der Waals surface area contributed by atoms with Crippen molar-refractivity contribution in [2.24, 2.45) is 0 Å². The number of para-hydroxylation sites is 1. The van der Waals surface area contributed by atoms with Crippen molar-refractivity contribution >= 4 is 23.4 Å². The van der Waals surface area contributed by atoms with Gasteiger partial charge in [-0.1, -0.05) is 30.8 Å². The second kappa shape index (κ2) is 8.32. The number of nitrogens with zero attached hydrogens (tertiary/aromatic N) is 3. The quantitative estimate of drug-likeness (QED) is 0.363. The summed E-state index contributed by atoms with van der Waals surface area (Å²) in [5.41, 5.74) is 1.95. The Kier molecular flexibility index (Phi) is 5.33. The van der Waals surface area contributed by atoms with Gasteiger partial charge < -0.3 is 4.42 Å². The van der Waals surface area contributed by atoms with Gasteiger partial charge in [-0.25, -0.2) is 9.29 Å². The molecule has 0 bridgehead atoms. The van der Waals surface area contributed by atoms with Crippen LogP contribution >= 0.6 is 11.8 Å². The number of thioether (sulfide) groups is 1. The number of amides is 1. The molecule has 0 saturated heterocycles. The molecular weight excluding hydrogens is 443 g/mol. The normalized spacial score (nSPS) is 14.6. The standard InChI is InChI=1S/C24H19FN4O3S/c1-3-20(30)28-17-7-5-4-6-16(17)21-22(31)26-24(33-2)27-29(21)23(28)19-13-12-18(32-19)14-8-10-15(25)11-9-14/h4-13,23H,3H2,1-2H3/p+1/t23-/m0/s1. The van der Waals surface area contributed by atoms with E-state index in [0.717, 1.165) is 0 Å². The minimum Gasteiger partial charge on any atom is -0.452 e. The van der Waals surface area contributed by atoms with E-state index < -0.39 is 6.17 Å². The number of H-pyrrole nitrogens is 1. The van der Waals surface area contributed by atoms with Crippen LogP contribution in [0.25, 0.3) is 22.6 Å². The van der Waals surface area contributed by atoms with Gasteiger partial charge in [0.15, 0.2) is 5.76 Å². The van der Waals surface area contributed by atoms with Gasteiger partial charge in [0.05, 0.1) is 11.3 Å². The van der Waals surface area contributed by atoms with Crippen molar-refractivity contribution in [3.63, 3.8) is 0 Å². The predicted octanol–water partition coefficient (Wildman–Crippen LogP) is 4.15. The van der Waals surface area contributed by atoms with E-state index in [1.54, 1.807) is 46.8 Å². The molecule has 3 heterocycles. The zero-order valence-corrected chi connectivity index (χ0v) is 18.7. The highest BCUT2D eigenvalue weighted by Gasteiger charge is 2.47. The van der Waals surface area contributed by atoms with Crippen LogP contribution < -0.4 is 15.1 Å². The average Bonchev–Trinajstić information content (AvgIpc) is 3.32. The van der Waals surface area contributed by atoms with Gasteiger partial charge in [0, 0.05) is 17.1 Å². The second-order valence-electron chi connectivity index (χ2n) is 7.47. The molecule has 1 N–H and O–H groups in total. The van der Waals surface area contributed by atoms with Gasteiger partial charge in [0.2, 0.25) is 11.1 Å². The Morgan fingerprint density at radius 3 is 2.67 bits per heavy atom. The van der Waals surface area contributed by atoms with Gasteiger partial charge in [-0.05, 0) is 59.5 Å². The van der Waals surface area contributed by atoms with E-state index in [1.807, 2.05) is 24.5 Å². The van der Waals surface area contributed by atoms with Gasteiger partial charge in [-0.2, -0.15) is 0 Å². The summed E-state index contributed by atoms with van der Waals surface area (Å²) in [4.78, 5) is 30.7. The van der Waals surface area contributed by atoms with Gasteiger partial charge in [-0.3, -0.25) is 14.6 Å². The summed E-state index contributed by atoms with van der Waals surface area (Å²) in [6.07, 6.45) is 1.26. The van der Waals surface area contributed by atoms with Crippen molar-refractivity contribution in [1.82, 2.24) is 10.1 Å². The van der Waals surface area contributed by atoms with Crippen LogP contribution in [0.15, 0.2) is 75.0 Å². The van der Waals surface area contributed by atoms with Crippen molar-refractivity contribution in [2.45, 2.75) is 24.7 Å². The van der Waals surface area contributed by atoms with E-state index in [0.29, 0.717) is 39.2 Å². The number of aromatic nitrogens is 3. The molecule has 0 fully saturated rings. The number of aromatic amines is 1. The van der Waals surface area contributed by atoms with E-state index in [4.69, 9.17) is 4.42 Å². The summed E-state index contributed by atoms with van der Waals surface area (Å²) >= 11 is 1.30. The number of carbonyl (C=O) groups is 1. The molecule has 0 radical (unpaired) electrons. The van der Waals surface area contributed by atoms with Crippen molar-refractivity contribution in [3.05, 3.63) is 82.6 Å². The minimum atomic E-state index is -0.801. The summed E-state index contributed by atoms with van der Waals surface area (Å²) in [5, 5.41) is 5.05. The number of rotatable bonds is 4. The van der Waals surface area contributed by atoms with Crippen LogP contribution in [0, 0.1) is 5.82 Å². The number of anilines is 1. The molecule has 166 valence electrons. The lowest BCUT2D eigenvalue weighted by molar-refractivity contribution is -0.764. The molecule has 4 aromatic rings. The Labute approximate surface area is 192 Å². The molecular formula is C24H20FN4O3S+. The third-order valence-corrected chi connectivity index (χ3v) is 6.10. The maximum atomic E-state index is 13.4. The summed E-state index contributed by atoms with van der Waals surface area (Å²) in [5.74, 6) is 0.469. The molecule has 0 spiro atoms. The molecule has 2 aromatic carbocycles. The first-order valence-corrected chi connectivity index (χ1v) is 11.6. The van der Waals surface area contributed by atoms with Crippen LogP contribution in [0.1, 0.15) is 25.3 Å². The molecule has 1 atom stereocenters. The topological polar surface area (TPSA) is 83.1 Å². The lowest BCUT2D eigenvalue weighted by Gasteiger charge is -2.30. The number of fused-ring (bicyclic) bond motifs is 3. The first-order valence-electron chi connectivity index (χ1n) is 10.4. The summed E-state index contributed by atoms with van der Waals surface area (Å²) in [6.45, 7) is 1.78. The number of hydrogen-bond donors (Lipinski definition) is 1. The van der Waals surface area contributed by atoms with Crippen LogP contribution in [-0.4, -0.2) is 22.2 Å². The number of carbonyl (C=O) groups excluding carboxylic acids is 1. The van der Waals surface area contributed by atoms with Gasteiger partial charge in [-0.15, -0.1) is 0 Å². The minimum absolute atomic E-state index is 0.141. The third-order valence-electron chi connectivity index (χ3n) is 5.53. The number of halogens is 1. The molecule has 0 aliphatic carbocycles. The van der Waals surface area contributed by atoms with E-state index in [-0.39, 0.29) is 23.7 Å². The number of benzene rings is 2. The average molecular weight is 464 g/mol. The van der Waals surface area contributed by atoms with Crippen LogP contribution in [-0.2, 0) is 4.79 Å². The largest absolute Gasteiger partial charge is 0.452 e. The Hall–Kier alpha value is -3.72. The van der Waals surface area contributed by atoms with E-state index in [2.05, 4.69) is 10.1 Å². The highest BCUT2D eigenvalue weighted by molar-refractivity contribution is 7.98. The van der Waals surface area contributed by atoms with Gasteiger partial charge >= 0.3 is 17.4 Å². The SMILES string of the molecule is CCC(=O)N1c2ccccc2-c2c(=O)[nH]c(SC)n[n+]2[C@H]1c1ccc(-c2ccc(F)cc2)o1. The molecule has 7 nitrogen and oxygen atoms in total. The molecule has 0 unspecified atom stereocenters. The molecule has 33 heavy (non-hydrogen) atoms. The maximum Gasteiger partial charge on any atom is 0.325 e. The first kappa shape index (κ1) is 21.1. The lowest BCUT2D eigenvalue weighted by atomic mass is 10.0. The van der Waals surface area contributed by atoms with E-state index in [1.165, 1.54) is 23.9 Å². The molecule has 0 saturated carbocycles. The molecule has 1 aliphatic heterocycles. The van der Waals surface area contributed by atoms with Crippen LogP contribution in [0.4, 0.5) is 10.1 Å². The molecule has 2 aromatic heterocycles. The highest BCUT2D eigenvalue weighted by atomic mass is 32.2.